The maximum absolute atomic E-state index is 10.8. The monoisotopic (exact) mass is 246 g/mol. The first-order chi connectivity index (χ1) is 6.58. The van der Waals surface area contributed by atoms with Crippen LogP contribution in [0, 0.1) is 0 Å². The second-order valence-corrected chi connectivity index (χ2v) is 12.6. The fourth-order valence-electron chi connectivity index (χ4n) is 1.59. The number of carbonyl (C=O) groups is 1. The molecule has 1 heterocycles. The molecule has 0 radical (unpaired) electrons. The van der Waals surface area contributed by atoms with Crippen LogP contribution in [0.15, 0.2) is 12.3 Å². The highest BCUT2D eigenvalue weighted by Crippen LogP contribution is 2.50. The van der Waals surface area contributed by atoms with Crippen LogP contribution < -0.4 is 0 Å². The summed E-state index contributed by atoms with van der Waals surface area (Å²) < 4.78 is 0.161. The average Bonchev–Trinajstić information content (AvgIpc) is 2.19. The second-order valence-electron chi connectivity index (χ2n) is 4.10. The number of rotatable bonds is 4. The minimum absolute atomic E-state index is 0.161. The molecule has 0 unspecified atom stereocenters. The van der Waals surface area contributed by atoms with Gasteiger partial charge in [0.05, 0.1) is 3.70 Å². The normalized spacial score (nSPS) is 21.6. The van der Waals surface area contributed by atoms with Crippen LogP contribution in [0.3, 0.4) is 0 Å². The van der Waals surface area contributed by atoms with Gasteiger partial charge in [-0.15, -0.1) is 30.1 Å². The molecule has 1 aliphatic rings. The largest absolute Gasteiger partial charge is 0.303 e. The summed E-state index contributed by atoms with van der Waals surface area (Å²) in [4.78, 5) is 10.8. The topological polar surface area (TPSA) is 17.1 Å². The number of aldehydes is 1. The van der Waals surface area contributed by atoms with Crippen molar-refractivity contribution in [1.29, 1.82) is 0 Å². The zero-order valence-corrected chi connectivity index (χ0v) is 11.5. The molecule has 0 saturated carbocycles. The molecule has 80 valence electrons. The number of carbonyl (C=O) groups excluding carboxylic acids is 1. The lowest BCUT2D eigenvalue weighted by atomic mass is 10.5. The first-order valence-corrected chi connectivity index (χ1v) is 9.98. The van der Waals surface area contributed by atoms with Gasteiger partial charge < -0.3 is 4.79 Å². The zero-order valence-electron chi connectivity index (χ0n) is 8.91. The Morgan fingerprint density at radius 3 is 2.43 bits per heavy atom. The summed E-state index contributed by atoms with van der Waals surface area (Å²) in [5.74, 6) is 2.40. The van der Waals surface area contributed by atoms with Gasteiger partial charge >= 0.3 is 0 Å². The Balaban J connectivity index is 2.89. The smallest absolute Gasteiger partial charge is 0.121 e. The highest BCUT2D eigenvalue weighted by molar-refractivity contribution is 8.21. The second kappa shape index (κ2) is 4.90. The Morgan fingerprint density at radius 2 is 2.00 bits per heavy atom. The molecule has 0 aliphatic carbocycles. The van der Waals surface area contributed by atoms with Crippen LogP contribution in [0.2, 0.25) is 13.1 Å². The van der Waals surface area contributed by atoms with Gasteiger partial charge in [0.1, 0.15) is 14.4 Å². The van der Waals surface area contributed by atoms with E-state index in [9.17, 15) is 4.79 Å². The third kappa shape index (κ3) is 2.28. The van der Waals surface area contributed by atoms with Crippen LogP contribution in [0.25, 0.3) is 0 Å². The molecule has 1 saturated heterocycles. The van der Waals surface area contributed by atoms with Crippen molar-refractivity contribution in [2.75, 3.05) is 11.5 Å². The molecule has 0 aromatic carbocycles. The van der Waals surface area contributed by atoms with Gasteiger partial charge in [0, 0.05) is 6.42 Å². The Morgan fingerprint density at radius 1 is 1.43 bits per heavy atom. The molecule has 4 heteroatoms. The van der Waals surface area contributed by atoms with Gasteiger partial charge in [0.25, 0.3) is 0 Å². The van der Waals surface area contributed by atoms with E-state index in [-0.39, 0.29) is 3.70 Å². The van der Waals surface area contributed by atoms with Crippen molar-refractivity contribution >= 4 is 37.9 Å². The standard InChI is InChI=1S/C10H18OS2Si/c1-4-14(2,3)10(6-7-11)12-8-5-9-13-10/h4,7H,1,5-6,8-9H2,2-3H3. The van der Waals surface area contributed by atoms with E-state index in [1.54, 1.807) is 0 Å². The van der Waals surface area contributed by atoms with E-state index in [0.717, 1.165) is 6.29 Å². The molecule has 0 atom stereocenters. The zero-order chi connectivity index (χ0) is 10.7. The van der Waals surface area contributed by atoms with E-state index in [4.69, 9.17) is 0 Å². The first-order valence-electron chi connectivity index (χ1n) is 4.93. The fourth-order valence-corrected chi connectivity index (χ4v) is 9.23. The van der Waals surface area contributed by atoms with E-state index < -0.39 is 8.07 Å². The average molecular weight is 246 g/mol. The molecule has 0 aromatic heterocycles. The predicted octanol–water partition coefficient (Wildman–Crippen LogP) is 3.11. The van der Waals surface area contributed by atoms with Crippen molar-refractivity contribution in [3.63, 3.8) is 0 Å². The van der Waals surface area contributed by atoms with Crippen LogP contribution in [0.4, 0.5) is 0 Å². The molecule has 1 rings (SSSR count). The van der Waals surface area contributed by atoms with Crippen molar-refractivity contribution in [3.05, 3.63) is 12.3 Å². The Bertz CT molecular complexity index is 222. The van der Waals surface area contributed by atoms with Crippen LogP contribution in [-0.2, 0) is 4.79 Å². The minimum atomic E-state index is -1.49. The molecule has 0 aromatic rings. The maximum Gasteiger partial charge on any atom is 0.121 e. The van der Waals surface area contributed by atoms with E-state index >= 15 is 0 Å². The van der Waals surface area contributed by atoms with E-state index in [0.29, 0.717) is 6.42 Å². The summed E-state index contributed by atoms with van der Waals surface area (Å²) in [5, 5.41) is 0. The van der Waals surface area contributed by atoms with Crippen molar-refractivity contribution in [3.8, 4) is 0 Å². The molecular weight excluding hydrogens is 228 g/mol. The number of hydrogen-bond acceptors (Lipinski definition) is 3. The van der Waals surface area contributed by atoms with Crippen LogP contribution in [0.1, 0.15) is 12.8 Å². The summed E-state index contributed by atoms with van der Waals surface area (Å²) in [5.41, 5.74) is 2.13. The molecule has 1 aliphatic heterocycles. The molecule has 0 N–H and O–H groups in total. The van der Waals surface area contributed by atoms with Crippen molar-refractivity contribution < 1.29 is 4.79 Å². The van der Waals surface area contributed by atoms with Gasteiger partial charge in [-0.2, -0.15) is 0 Å². The first kappa shape index (κ1) is 12.4. The lowest BCUT2D eigenvalue weighted by Crippen LogP contribution is -2.50. The van der Waals surface area contributed by atoms with E-state index in [1.807, 2.05) is 23.5 Å². The summed E-state index contributed by atoms with van der Waals surface area (Å²) in [6, 6.07) is 0. The molecule has 0 amide bonds. The SMILES string of the molecule is C=C[Si](C)(C)C1(CC=O)SCCCS1. The van der Waals surface area contributed by atoms with Gasteiger partial charge in [0.15, 0.2) is 0 Å². The number of hydrogen-bond donors (Lipinski definition) is 0. The quantitative estimate of drug-likeness (QED) is 0.560. The van der Waals surface area contributed by atoms with Crippen LogP contribution in [0.5, 0.6) is 0 Å². The van der Waals surface area contributed by atoms with Gasteiger partial charge in [-0.25, -0.2) is 0 Å². The maximum atomic E-state index is 10.8. The summed E-state index contributed by atoms with van der Waals surface area (Å²) in [6.07, 6.45) is 3.05. The van der Waals surface area contributed by atoms with Gasteiger partial charge in [-0.1, -0.05) is 18.8 Å². The highest BCUT2D eigenvalue weighted by atomic mass is 32.2. The van der Waals surface area contributed by atoms with Crippen molar-refractivity contribution in [1.82, 2.24) is 0 Å². The van der Waals surface area contributed by atoms with Gasteiger partial charge in [-0.3, -0.25) is 0 Å². The fraction of sp³-hybridized carbons (Fsp3) is 0.700. The molecule has 0 spiro atoms. The third-order valence-corrected chi connectivity index (χ3v) is 13.0. The van der Waals surface area contributed by atoms with Crippen molar-refractivity contribution in [2.24, 2.45) is 0 Å². The number of thioether (sulfide) groups is 2. The molecule has 1 nitrogen and oxygen atoms in total. The molecule has 1 fully saturated rings. The summed E-state index contributed by atoms with van der Waals surface area (Å²) in [7, 11) is -1.49. The van der Waals surface area contributed by atoms with Gasteiger partial charge in [0.2, 0.25) is 0 Å². The minimum Gasteiger partial charge on any atom is -0.303 e. The molecule has 0 bridgehead atoms. The van der Waals surface area contributed by atoms with Crippen LogP contribution >= 0.6 is 23.5 Å². The molecular formula is C10H18OS2Si. The molecule has 14 heavy (non-hydrogen) atoms. The van der Waals surface area contributed by atoms with E-state index in [1.165, 1.54) is 17.9 Å². The van der Waals surface area contributed by atoms with Gasteiger partial charge in [-0.05, 0) is 17.9 Å². The van der Waals surface area contributed by atoms with Crippen molar-refractivity contribution in [2.45, 2.75) is 29.6 Å². The highest BCUT2D eigenvalue weighted by Gasteiger charge is 2.46. The Hall–Kier alpha value is 0.327. The third-order valence-electron chi connectivity index (χ3n) is 2.80. The Kier molecular flexibility index (Phi) is 4.34. The summed E-state index contributed by atoms with van der Waals surface area (Å²) in [6.45, 7) is 8.58. The summed E-state index contributed by atoms with van der Waals surface area (Å²) >= 11 is 3.98. The lowest BCUT2D eigenvalue weighted by molar-refractivity contribution is -0.107. The van der Waals surface area contributed by atoms with Crippen LogP contribution in [-0.4, -0.2) is 29.6 Å². The Labute approximate surface area is 96.1 Å². The lowest BCUT2D eigenvalue weighted by Gasteiger charge is -2.44. The van der Waals surface area contributed by atoms with E-state index in [2.05, 4.69) is 25.4 Å². The predicted molar refractivity (Wildman–Crippen MR) is 70.6 cm³/mol.